The van der Waals surface area contributed by atoms with Crippen molar-refractivity contribution in [3.8, 4) is 0 Å². The summed E-state index contributed by atoms with van der Waals surface area (Å²) in [7, 11) is 0. The van der Waals surface area contributed by atoms with Gasteiger partial charge in [-0.05, 0) is 42.7 Å². The molecule has 0 fully saturated rings. The van der Waals surface area contributed by atoms with Crippen LogP contribution in [0.4, 0.5) is 0 Å². The molecule has 0 aromatic carbocycles. The largest absolute Gasteiger partial charge is 0.143 e. The monoisotopic (exact) mass is 701 g/mol. The molecular formula is C46H84S2. The van der Waals surface area contributed by atoms with Crippen LogP contribution in [0.2, 0.25) is 0 Å². The molecule has 0 N–H and O–H groups in total. The second kappa shape index (κ2) is 33.8. The molecule has 48 heavy (non-hydrogen) atoms. The number of hydrogen-bond acceptors (Lipinski definition) is 2. The molecule has 0 saturated heterocycles. The summed E-state index contributed by atoms with van der Waals surface area (Å²) in [5.41, 5.74) is 1.74. The molecule has 2 heteroatoms. The summed E-state index contributed by atoms with van der Waals surface area (Å²) in [4.78, 5) is 1.74. The Morgan fingerprint density at radius 1 is 0.354 bits per heavy atom. The van der Waals surface area contributed by atoms with Crippen molar-refractivity contribution in [1.82, 2.24) is 0 Å². The van der Waals surface area contributed by atoms with E-state index in [1.165, 1.54) is 244 Å². The van der Waals surface area contributed by atoms with E-state index in [9.17, 15) is 0 Å². The number of unbranched alkanes of at least 4 members (excludes halogenated alkanes) is 34. The Kier molecular flexibility index (Phi) is 30.8. The number of hydrogen-bond donors (Lipinski definition) is 0. The molecular weight excluding hydrogens is 617 g/mol. The van der Waals surface area contributed by atoms with Crippen molar-refractivity contribution in [2.24, 2.45) is 0 Å². The van der Waals surface area contributed by atoms with Gasteiger partial charge in [0.1, 0.15) is 0 Å². The maximum atomic E-state index is 2.38. The van der Waals surface area contributed by atoms with Gasteiger partial charge in [-0.15, -0.1) is 22.7 Å². The molecule has 0 spiro atoms. The molecule has 0 atom stereocenters. The zero-order chi connectivity index (χ0) is 34.0. The van der Waals surface area contributed by atoms with E-state index >= 15 is 0 Å². The van der Waals surface area contributed by atoms with Gasteiger partial charge in [0.05, 0.1) is 0 Å². The minimum absolute atomic E-state index is 1.33. The smallest absolute Gasteiger partial charge is 0.0485 e. The summed E-state index contributed by atoms with van der Waals surface area (Å²) >= 11 is 4.12. The van der Waals surface area contributed by atoms with E-state index < -0.39 is 0 Å². The second-order valence-corrected chi connectivity index (χ2v) is 17.7. The lowest BCUT2D eigenvalue weighted by atomic mass is 10.0. The highest BCUT2D eigenvalue weighted by atomic mass is 32.1. The maximum absolute atomic E-state index is 2.38. The third-order valence-corrected chi connectivity index (χ3v) is 13.4. The first-order valence-electron chi connectivity index (χ1n) is 22.3. The van der Waals surface area contributed by atoms with Gasteiger partial charge in [-0.2, -0.15) is 0 Å². The van der Waals surface area contributed by atoms with Crippen LogP contribution < -0.4 is 0 Å². The fourth-order valence-corrected chi connectivity index (χ4v) is 10.3. The highest BCUT2D eigenvalue weighted by Crippen LogP contribution is 2.37. The highest BCUT2D eigenvalue weighted by Gasteiger charge is 2.13. The number of aryl methyl sites for hydroxylation is 2. The molecule has 0 nitrogen and oxygen atoms in total. The van der Waals surface area contributed by atoms with Crippen LogP contribution in [-0.4, -0.2) is 0 Å². The Hall–Kier alpha value is -0.340. The first-order valence-corrected chi connectivity index (χ1v) is 24.0. The topological polar surface area (TPSA) is 0 Å². The van der Waals surface area contributed by atoms with Crippen molar-refractivity contribution in [2.75, 3.05) is 0 Å². The minimum atomic E-state index is 1.33. The van der Waals surface area contributed by atoms with Crippen LogP contribution in [-0.2, 0) is 12.8 Å². The summed E-state index contributed by atoms with van der Waals surface area (Å²) in [5.74, 6) is 0. The molecule has 0 unspecified atom stereocenters. The molecule has 2 aromatic rings. The Labute approximate surface area is 310 Å². The maximum Gasteiger partial charge on any atom is 0.0485 e. The predicted octanol–water partition coefficient (Wildman–Crippen LogP) is 18.1. The van der Waals surface area contributed by atoms with Crippen LogP contribution >= 0.6 is 22.7 Å². The van der Waals surface area contributed by atoms with Gasteiger partial charge in [0.2, 0.25) is 0 Å². The number of fused-ring (bicyclic) bond motifs is 1. The van der Waals surface area contributed by atoms with Crippen molar-refractivity contribution in [2.45, 2.75) is 258 Å². The summed E-state index contributed by atoms with van der Waals surface area (Å²) in [6.07, 6.45) is 55.2. The van der Waals surface area contributed by atoms with Gasteiger partial charge in [-0.3, -0.25) is 0 Å². The summed E-state index contributed by atoms with van der Waals surface area (Å²) in [6, 6.07) is 2.38. The van der Waals surface area contributed by atoms with Gasteiger partial charge in [-0.1, -0.05) is 232 Å². The second-order valence-electron chi connectivity index (χ2n) is 15.6. The van der Waals surface area contributed by atoms with Crippen LogP contribution in [0.1, 0.15) is 255 Å². The Morgan fingerprint density at radius 2 is 0.646 bits per heavy atom. The molecule has 2 rings (SSSR count). The third kappa shape index (κ3) is 24.0. The quantitative estimate of drug-likeness (QED) is 0.0612. The zero-order valence-corrected chi connectivity index (χ0v) is 34.5. The van der Waals surface area contributed by atoms with Crippen LogP contribution in [0.25, 0.3) is 9.40 Å². The zero-order valence-electron chi connectivity index (χ0n) is 32.8. The molecule has 2 heterocycles. The van der Waals surface area contributed by atoms with Crippen molar-refractivity contribution in [1.29, 1.82) is 0 Å². The van der Waals surface area contributed by atoms with E-state index in [4.69, 9.17) is 0 Å². The van der Waals surface area contributed by atoms with Gasteiger partial charge in [0.25, 0.3) is 0 Å². The van der Waals surface area contributed by atoms with Crippen LogP contribution in [0.15, 0.2) is 11.4 Å². The molecule has 280 valence electrons. The lowest BCUT2D eigenvalue weighted by Crippen LogP contribution is -1.91. The average Bonchev–Trinajstić information content (AvgIpc) is 3.69. The molecule has 2 aromatic heterocycles. The van der Waals surface area contributed by atoms with Crippen molar-refractivity contribution in [3.05, 3.63) is 21.9 Å². The number of rotatable bonds is 38. The fraction of sp³-hybridized carbons (Fsp3) is 0.870. The third-order valence-electron chi connectivity index (χ3n) is 11.0. The van der Waals surface area contributed by atoms with Gasteiger partial charge >= 0.3 is 0 Å². The molecule has 0 saturated carbocycles. The molecule has 0 radical (unpaired) electrons. The average molecular weight is 701 g/mol. The highest BCUT2D eigenvalue weighted by molar-refractivity contribution is 7.27. The van der Waals surface area contributed by atoms with E-state index in [0.29, 0.717) is 0 Å². The summed E-state index contributed by atoms with van der Waals surface area (Å²) in [5, 5.41) is 2.32. The summed E-state index contributed by atoms with van der Waals surface area (Å²) in [6.45, 7) is 4.62. The SMILES string of the molecule is CCCCCCCCCCCCCCCCCCCCc1sc2ccsc2c1CCCCCCCCCCCCCCCCCCCC. The normalized spacial score (nSPS) is 11.8. The Bertz CT molecular complexity index is 906. The minimum Gasteiger partial charge on any atom is -0.143 e. The molecule has 0 aliphatic heterocycles. The van der Waals surface area contributed by atoms with Crippen LogP contribution in [0.5, 0.6) is 0 Å². The molecule has 0 aliphatic carbocycles. The van der Waals surface area contributed by atoms with Gasteiger partial charge in [0, 0.05) is 14.3 Å². The van der Waals surface area contributed by atoms with Crippen LogP contribution in [0, 0.1) is 0 Å². The number of thiophene rings is 2. The van der Waals surface area contributed by atoms with E-state index in [-0.39, 0.29) is 0 Å². The molecule has 0 amide bonds. The van der Waals surface area contributed by atoms with Crippen molar-refractivity contribution < 1.29 is 0 Å². The molecule has 0 bridgehead atoms. The lowest BCUT2D eigenvalue weighted by Gasteiger charge is -2.06. The van der Waals surface area contributed by atoms with E-state index in [2.05, 4.69) is 36.6 Å². The van der Waals surface area contributed by atoms with Crippen molar-refractivity contribution >= 4 is 32.1 Å². The van der Waals surface area contributed by atoms with Gasteiger partial charge in [0.15, 0.2) is 0 Å². The predicted molar refractivity (Wildman–Crippen MR) is 225 cm³/mol. The van der Waals surface area contributed by atoms with E-state index in [1.807, 2.05) is 11.3 Å². The van der Waals surface area contributed by atoms with Crippen molar-refractivity contribution in [3.63, 3.8) is 0 Å². The Balaban J connectivity index is 1.38. The van der Waals surface area contributed by atoms with Crippen LogP contribution in [0.3, 0.4) is 0 Å². The Morgan fingerprint density at radius 3 is 0.979 bits per heavy atom. The van der Waals surface area contributed by atoms with Gasteiger partial charge in [-0.25, -0.2) is 0 Å². The lowest BCUT2D eigenvalue weighted by molar-refractivity contribution is 0.524. The summed E-state index contributed by atoms with van der Waals surface area (Å²) < 4.78 is 3.19. The van der Waals surface area contributed by atoms with E-state index in [0.717, 1.165) is 0 Å². The first kappa shape index (κ1) is 43.8. The standard InChI is InChI=1S/C46H84S2/c1-3-5-7-9-11-13-15-17-19-21-23-25-27-29-31-33-35-37-39-43-44(48-45-41-42-47-46(43)45)40-38-36-34-32-30-28-26-24-22-20-18-16-14-12-10-8-6-4-2/h41-42H,3-40H2,1-2H3. The van der Waals surface area contributed by atoms with Gasteiger partial charge < -0.3 is 0 Å². The fourth-order valence-electron chi connectivity index (χ4n) is 7.76. The first-order chi connectivity index (χ1) is 23.9. The van der Waals surface area contributed by atoms with E-state index in [1.54, 1.807) is 19.8 Å². The molecule has 0 aliphatic rings.